The van der Waals surface area contributed by atoms with E-state index in [-0.39, 0.29) is 11.0 Å². The molecule has 0 heterocycles. The first kappa shape index (κ1) is 12.0. The normalized spacial score (nSPS) is 60.4. The van der Waals surface area contributed by atoms with Gasteiger partial charge in [0.25, 0.3) is 0 Å². The minimum Gasteiger partial charge on any atom is -0.390 e. The largest absolute Gasteiger partial charge is 0.390 e. The Labute approximate surface area is 105 Å². The Balaban J connectivity index is 2.15. The van der Waals surface area contributed by atoms with Gasteiger partial charge >= 0.3 is 0 Å². The molecular formula is C15H27NO. The molecule has 2 heteroatoms. The smallest absolute Gasteiger partial charge is 0.0654 e. The summed E-state index contributed by atoms with van der Waals surface area (Å²) in [4.78, 5) is 0. The number of fused-ring (bicyclic) bond motifs is 1. The Morgan fingerprint density at radius 1 is 1.12 bits per heavy atom. The Morgan fingerprint density at radius 2 is 1.76 bits per heavy atom. The van der Waals surface area contributed by atoms with E-state index in [0.29, 0.717) is 11.3 Å². The summed E-state index contributed by atoms with van der Waals surface area (Å²) < 4.78 is 0. The van der Waals surface area contributed by atoms with Crippen LogP contribution >= 0.6 is 0 Å². The zero-order valence-corrected chi connectivity index (χ0v) is 11.7. The molecular weight excluding hydrogens is 210 g/mol. The van der Waals surface area contributed by atoms with E-state index < -0.39 is 5.60 Å². The molecule has 3 rings (SSSR count). The molecule has 1 spiro atoms. The first-order valence-corrected chi connectivity index (χ1v) is 7.19. The molecule has 0 aromatic heterocycles. The SMILES string of the molecule is C[C@H]1CC[C@@]2(N)C(C)(C)C3C[C@@]12CC[C@@]3(C)O. The van der Waals surface area contributed by atoms with Crippen LogP contribution in [0.15, 0.2) is 0 Å². The van der Waals surface area contributed by atoms with Crippen LogP contribution in [-0.4, -0.2) is 16.2 Å². The molecule has 0 saturated heterocycles. The second-order valence-electron chi connectivity index (χ2n) is 7.90. The molecule has 3 aliphatic rings. The van der Waals surface area contributed by atoms with Gasteiger partial charge in [-0.3, -0.25) is 0 Å². The number of aliphatic hydroxyl groups is 1. The van der Waals surface area contributed by atoms with Crippen LogP contribution in [0.3, 0.4) is 0 Å². The first-order valence-electron chi connectivity index (χ1n) is 7.19. The van der Waals surface area contributed by atoms with E-state index in [1.54, 1.807) is 0 Å². The van der Waals surface area contributed by atoms with Crippen LogP contribution in [0.2, 0.25) is 0 Å². The maximum absolute atomic E-state index is 10.7. The Kier molecular flexibility index (Phi) is 2.05. The summed E-state index contributed by atoms with van der Waals surface area (Å²) in [7, 11) is 0. The van der Waals surface area contributed by atoms with Crippen LogP contribution in [0.1, 0.15) is 59.8 Å². The van der Waals surface area contributed by atoms with Crippen LogP contribution < -0.4 is 5.73 Å². The Bertz CT molecular complexity index is 362. The molecule has 5 atom stereocenters. The van der Waals surface area contributed by atoms with E-state index in [9.17, 15) is 5.11 Å². The molecule has 17 heavy (non-hydrogen) atoms. The van der Waals surface area contributed by atoms with Crippen molar-refractivity contribution in [3.63, 3.8) is 0 Å². The van der Waals surface area contributed by atoms with Crippen molar-refractivity contribution in [2.24, 2.45) is 28.4 Å². The second-order valence-corrected chi connectivity index (χ2v) is 7.90. The van der Waals surface area contributed by atoms with E-state index >= 15 is 0 Å². The third-order valence-electron chi connectivity index (χ3n) is 7.22. The number of hydrogen-bond acceptors (Lipinski definition) is 2. The van der Waals surface area contributed by atoms with Crippen molar-refractivity contribution in [1.29, 1.82) is 0 Å². The topological polar surface area (TPSA) is 46.2 Å². The summed E-state index contributed by atoms with van der Waals surface area (Å²) in [5.41, 5.74) is 6.73. The lowest BCUT2D eigenvalue weighted by atomic mass is 9.62. The van der Waals surface area contributed by atoms with E-state index in [1.165, 1.54) is 6.42 Å². The Hall–Kier alpha value is -0.0800. The van der Waals surface area contributed by atoms with Gasteiger partial charge in [0.05, 0.1) is 5.60 Å². The van der Waals surface area contributed by atoms with Crippen molar-refractivity contribution in [2.75, 3.05) is 0 Å². The highest BCUT2D eigenvalue weighted by Crippen LogP contribution is 2.73. The number of hydrogen-bond donors (Lipinski definition) is 2. The lowest BCUT2D eigenvalue weighted by Crippen LogP contribution is -2.57. The Morgan fingerprint density at radius 3 is 2.41 bits per heavy atom. The van der Waals surface area contributed by atoms with Crippen LogP contribution in [0.25, 0.3) is 0 Å². The molecule has 2 nitrogen and oxygen atoms in total. The lowest BCUT2D eigenvalue weighted by molar-refractivity contribution is -0.0718. The third-order valence-corrected chi connectivity index (χ3v) is 7.22. The van der Waals surface area contributed by atoms with Crippen molar-refractivity contribution in [1.82, 2.24) is 0 Å². The van der Waals surface area contributed by atoms with E-state index in [2.05, 4.69) is 20.8 Å². The molecule has 0 aromatic carbocycles. The van der Waals surface area contributed by atoms with E-state index in [1.807, 2.05) is 6.92 Å². The predicted octanol–water partition coefficient (Wildman–Crippen LogP) is 2.69. The van der Waals surface area contributed by atoms with E-state index in [0.717, 1.165) is 31.6 Å². The number of rotatable bonds is 0. The predicted molar refractivity (Wildman–Crippen MR) is 69.5 cm³/mol. The van der Waals surface area contributed by atoms with Gasteiger partial charge in [-0.1, -0.05) is 20.8 Å². The van der Waals surface area contributed by atoms with Gasteiger partial charge in [0.2, 0.25) is 0 Å². The molecule has 3 aliphatic carbocycles. The summed E-state index contributed by atoms with van der Waals surface area (Å²) in [6.45, 7) is 9.02. The molecule has 0 amide bonds. The van der Waals surface area contributed by atoms with Gasteiger partial charge < -0.3 is 10.8 Å². The molecule has 3 saturated carbocycles. The van der Waals surface area contributed by atoms with Crippen molar-refractivity contribution >= 4 is 0 Å². The van der Waals surface area contributed by atoms with Gasteiger partial charge in [-0.25, -0.2) is 0 Å². The molecule has 98 valence electrons. The quantitative estimate of drug-likeness (QED) is 0.680. The van der Waals surface area contributed by atoms with Crippen LogP contribution in [-0.2, 0) is 0 Å². The zero-order chi connectivity index (χ0) is 12.7. The maximum Gasteiger partial charge on any atom is 0.0654 e. The average Bonchev–Trinajstić information content (AvgIpc) is 2.55. The molecule has 3 N–H and O–H groups in total. The zero-order valence-electron chi connectivity index (χ0n) is 11.7. The second kappa shape index (κ2) is 2.91. The van der Waals surface area contributed by atoms with Crippen LogP contribution in [0, 0.1) is 22.7 Å². The minimum atomic E-state index is -0.509. The fourth-order valence-electron chi connectivity index (χ4n) is 5.91. The fraction of sp³-hybridized carbons (Fsp3) is 1.00. The van der Waals surface area contributed by atoms with Gasteiger partial charge in [0.15, 0.2) is 0 Å². The van der Waals surface area contributed by atoms with Gasteiger partial charge in [0, 0.05) is 5.54 Å². The molecule has 0 radical (unpaired) electrons. The minimum absolute atomic E-state index is 0.0510. The molecule has 2 bridgehead atoms. The number of nitrogens with two attached hydrogens (primary N) is 1. The highest BCUT2D eigenvalue weighted by atomic mass is 16.3. The van der Waals surface area contributed by atoms with Gasteiger partial charge in [-0.15, -0.1) is 0 Å². The van der Waals surface area contributed by atoms with Crippen molar-refractivity contribution in [2.45, 2.75) is 70.9 Å². The van der Waals surface area contributed by atoms with Crippen molar-refractivity contribution in [3.8, 4) is 0 Å². The summed E-state index contributed by atoms with van der Waals surface area (Å²) in [5.74, 6) is 1.10. The highest BCUT2D eigenvalue weighted by molar-refractivity contribution is 5.27. The van der Waals surface area contributed by atoms with Gasteiger partial charge in [0.1, 0.15) is 0 Å². The summed E-state index contributed by atoms with van der Waals surface area (Å²) in [6.07, 6.45) is 5.62. The van der Waals surface area contributed by atoms with E-state index in [4.69, 9.17) is 5.73 Å². The maximum atomic E-state index is 10.7. The first-order chi connectivity index (χ1) is 7.67. The summed E-state index contributed by atoms with van der Waals surface area (Å²) >= 11 is 0. The third kappa shape index (κ3) is 1.06. The highest BCUT2D eigenvalue weighted by Gasteiger charge is 2.74. The molecule has 0 aliphatic heterocycles. The van der Waals surface area contributed by atoms with Crippen molar-refractivity contribution in [3.05, 3.63) is 0 Å². The molecule has 1 unspecified atom stereocenters. The summed E-state index contributed by atoms with van der Waals surface area (Å²) in [5, 5.41) is 10.7. The summed E-state index contributed by atoms with van der Waals surface area (Å²) in [6, 6.07) is 0. The monoisotopic (exact) mass is 237 g/mol. The average molecular weight is 237 g/mol. The van der Waals surface area contributed by atoms with Gasteiger partial charge in [-0.05, 0) is 61.7 Å². The van der Waals surface area contributed by atoms with Crippen LogP contribution in [0.4, 0.5) is 0 Å². The van der Waals surface area contributed by atoms with Crippen LogP contribution in [0.5, 0.6) is 0 Å². The molecule has 3 fully saturated rings. The fourth-order valence-corrected chi connectivity index (χ4v) is 5.91. The van der Waals surface area contributed by atoms with Crippen molar-refractivity contribution < 1.29 is 5.11 Å². The lowest BCUT2D eigenvalue weighted by Gasteiger charge is -2.46. The van der Waals surface area contributed by atoms with Gasteiger partial charge in [-0.2, -0.15) is 0 Å². The standard InChI is InChI=1S/C15H27NO/c1-10-5-6-15(16)12(2,3)11-9-14(10,15)8-7-13(11,4)17/h10-11,17H,5-9,16H2,1-4H3/t10-,11?,13+,14-,15+/m0/s1. The molecule has 0 aromatic rings.